The Morgan fingerprint density at radius 1 is 1.00 bits per heavy atom. The summed E-state index contributed by atoms with van der Waals surface area (Å²) in [4.78, 5) is 41.0. The van der Waals surface area contributed by atoms with E-state index in [1.165, 1.54) is 10.3 Å². The Labute approximate surface area is 162 Å². The van der Waals surface area contributed by atoms with E-state index >= 15 is 0 Å². The molecule has 142 valence electrons. The Balaban J connectivity index is 1.21. The minimum atomic E-state index is -0.277. The zero-order valence-electron chi connectivity index (χ0n) is 15.4. The summed E-state index contributed by atoms with van der Waals surface area (Å²) < 4.78 is 0. The van der Waals surface area contributed by atoms with Crippen LogP contribution in [0.25, 0.3) is 10.9 Å². The second kappa shape index (κ2) is 7.68. The predicted octanol–water partition coefficient (Wildman–Crippen LogP) is 2.90. The molecule has 0 saturated heterocycles. The number of imide groups is 1. The fourth-order valence-corrected chi connectivity index (χ4v) is 3.53. The first-order valence-corrected chi connectivity index (χ1v) is 9.41. The Bertz CT molecular complexity index is 1020. The number of rotatable bonds is 7. The van der Waals surface area contributed by atoms with E-state index < -0.39 is 0 Å². The molecule has 2 aromatic carbocycles. The van der Waals surface area contributed by atoms with Crippen LogP contribution >= 0.6 is 0 Å². The van der Waals surface area contributed by atoms with E-state index in [0.717, 1.165) is 17.5 Å². The predicted molar refractivity (Wildman–Crippen MR) is 106 cm³/mol. The molecular weight excluding hydrogens is 354 g/mol. The van der Waals surface area contributed by atoms with Crippen LogP contribution in [-0.2, 0) is 11.2 Å². The number of aromatic nitrogens is 1. The summed E-state index contributed by atoms with van der Waals surface area (Å²) in [6.07, 6.45) is 3.39. The average molecular weight is 375 g/mol. The van der Waals surface area contributed by atoms with Gasteiger partial charge < -0.3 is 10.3 Å². The summed E-state index contributed by atoms with van der Waals surface area (Å²) in [7, 11) is 0. The molecule has 3 aromatic rings. The van der Waals surface area contributed by atoms with Crippen molar-refractivity contribution >= 4 is 28.6 Å². The van der Waals surface area contributed by atoms with Gasteiger partial charge in [0.2, 0.25) is 5.91 Å². The number of aromatic amines is 1. The minimum absolute atomic E-state index is 0.0717. The van der Waals surface area contributed by atoms with Crippen molar-refractivity contribution in [2.75, 3.05) is 13.1 Å². The fourth-order valence-electron chi connectivity index (χ4n) is 3.53. The third-order valence-electron chi connectivity index (χ3n) is 5.02. The summed E-state index contributed by atoms with van der Waals surface area (Å²) >= 11 is 0. The van der Waals surface area contributed by atoms with Crippen molar-refractivity contribution in [2.24, 2.45) is 0 Å². The zero-order chi connectivity index (χ0) is 19.5. The van der Waals surface area contributed by atoms with Crippen LogP contribution in [0.2, 0.25) is 0 Å². The summed E-state index contributed by atoms with van der Waals surface area (Å²) in [6.45, 7) is 0.807. The first kappa shape index (κ1) is 18.0. The topological polar surface area (TPSA) is 82.3 Å². The molecule has 0 bridgehead atoms. The number of carbonyl (C=O) groups excluding carboxylic acids is 3. The Morgan fingerprint density at radius 3 is 2.50 bits per heavy atom. The van der Waals surface area contributed by atoms with Crippen molar-refractivity contribution in [3.05, 3.63) is 71.4 Å². The van der Waals surface area contributed by atoms with Gasteiger partial charge >= 0.3 is 0 Å². The number of carbonyl (C=O) groups is 3. The van der Waals surface area contributed by atoms with Gasteiger partial charge in [-0.1, -0.05) is 24.3 Å². The van der Waals surface area contributed by atoms with E-state index in [0.29, 0.717) is 24.1 Å². The Kier molecular flexibility index (Phi) is 4.93. The largest absolute Gasteiger partial charge is 0.361 e. The maximum Gasteiger partial charge on any atom is 0.261 e. The number of nitrogens with one attached hydrogen (secondary N) is 2. The van der Waals surface area contributed by atoms with Gasteiger partial charge in [0.25, 0.3) is 11.8 Å². The van der Waals surface area contributed by atoms with Crippen molar-refractivity contribution in [2.45, 2.75) is 19.3 Å². The zero-order valence-corrected chi connectivity index (χ0v) is 15.4. The van der Waals surface area contributed by atoms with Crippen molar-refractivity contribution in [3.63, 3.8) is 0 Å². The van der Waals surface area contributed by atoms with E-state index in [1.54, 1.807) is 24.3 Å². The lowest BCUT2D eigenvalue weighted by atomic mass is 10.1. The summed E-state index contributed by atoms with van der Waals surface area (Å²) in [5.74, 6) is -0.626. The lowest BCUT2D eigenvalue weighted by Crippen LogP contribution is -2.32. The molecule has 6 heteroatoms. The normalized spacial score (nSPS) is 13.2. The Hall–Kier alpha value is -3.41. The van der Waals surface area contributed by atoms with Crippen LogP contribution in [0.3, 0.4) is 0 Å². The molecule has 4 rings (SSSR count). The number of hydrogen-bond acceptors (Lipinski definition) is 3. The molecule has 1 aliphatic heterocycles. The molecule has 2 N–H and O–H groups in total. The molecule has 0 saturated carbocycles. The van der Waals surface area contributed by atoms with Gasteiger partial charge in [0.1, 0.15) is 0 Å². The van der Waals surface area contributed by atoms with Crippen LogP contribution < -0.4 is 5.32 Å². The molecule has 0 spiro atoms. The quantitative estimate of drug-likeness (QED) is 0.623. The Morgan fingerprint density at radius 2 is 1.75 bits per heavy atom. The number of H-pyrrole nitrogens is 1. The summed E-state index contributed by atoms with van der Waals surface area (Å²) in [5.41, 5.74) is 3.12. The molecule has 28 heavy (non-hydrogen) atoms. The second-order valence-electron chi connectivity index (χ2n) is 6.91. The smallest absolute Gasteiger partial charge is 0.261 e. The van der Waals surface area contributed by atoms with E-state index in [2.05, 4.69) is 28.5 Å². The number of nitrogens with zero attached hydrogens (tertiary/aromatic N) is 1. The van der Waals surface area contributed by atoms with E-state index in [1.807, 2.05) is 12.3 Å². The van der Waals surface area contributed by atoms with Gasteiger partial charge in [0.05, 0.1) is 11.1 Å². The minimum Gasteiger partial charge on any atom is -0.361 e. The molecule has 6 nitrogen and oxygen atoms in total. The number of amides is 3. The second-order valence-corrected chi connectivity index (χ2v) is 6.91. The maximum atomic E-state index is 12.3. The van der Waals surface area contributed by atoms with Crippen molar-refractivity contribution in [1.29, 1.82) is 0 Å². The van der Waals surface area contributed by atoms with E-state index in [-0.39, 0.29) is 30.7 Å². The van der Waals surface area contributed by atoms with Crippen LogP contribution in [-0.4, -0.2) is 40.7 Å². The maximum absolute atomic E-state index is 12.3. The van der Waals surface area contributed by atoms with Crippen molar-refractivity contribution in [3.8, 4) is 0 Å². The van der Waals surface area contributed by atoms with Gasteiger partial charge in [-0.3, -0.25) is 19.3 Å². The lowest BCUT2D eigenvalue weighted by molar-refractivity contribution is -0.121. The molecular formula is C22H21N3O3. The molecule has 0 unspecified atom stereocenters. The van der Waals surface area contributed by atoms with Crippen LogP contribution in [0, 0.1) is 0 Å². The first-order valence-electron chi connectivity index (χ1n) is 9.41. The SMILES string of the molecule is O=C(CCCN1C(=O)c2ccccc2C1=O)NCCc1ccc2cc[nH]c2c1. The summed E-state index contributed by atoms with van der Waals surface area (Å²) in [5, 5.41) is 4.07. The molecule has 3 amide bonds. The molecule has 1 aromatic heterocycles. The van der Waals surface area contributed by atoms with Crippen LogP contribution in [0.5, 0.6) is 0 Å². The average Bonchev–Trinajstić information content (AvgIpc) is 3.26. The van der Waals surface area contributed by atoms with Crippen molar-refractivity contribution < 1.29 is 14.4 Å². The number of benzene rings is 2. The summed E-state index contributed by atoms with van der Waals surface area (Å²) in [6, 6.07) is 15.0. The van der Waals surface area contributed by atoms with Gasteiger partial charge in [0.15, 0.2) is 0 Å². The molecule has 0 aliphatic carbocycles. The van der Waals surface area contributed by atoms with Crippen LogP contribution in [0.15, 0.2) is 54.7 Å². The monoisotopic (exact) mass is 375 g/mol. The molecule has 1 aliphatic rings. The number of hydrogen-bond donors (Lipinski definition) is 2. The third kappa shape index (κ3) is 3.53. The molecule has 0 fully saturated rings. The molecule has 2 heterocycles. The van der Waals surface area contributed by atoms with Gasteiger partial charge in [0, 0.05) is 31.2 Å². The molecule has 0 atom stereocenters. The van der Waals surface area contributed by atoms with Gasteiger partial charge in [-0.05, 0) is 48.1 Å². The lowest BCUT2D eigenvalue weighted by Gasteiger charge is -2.13. The van der Waals surface area contributed by atoms with Crippen molar-refractivity contribution in [1.82, 2.24) is 15.2 Å². The van der Waals surface area contributed by atoms with Gasteiger partial charge in [-0.2, -0.15) is 0 Å². The van der Waals surface area contributed by atoms with E-state index in [9.17, 15) is 14.4 Å². The van der Waals surface area contributed by atoms with Crippen LogP contribution in [0.4, 0.5) is 0 Å². The highest BCUT2D eigenvalue weighted by atomic mass is 16.2. The van der Waals surface area contributed by atoms with Gasteiger partial charge in [-0.25, -0.2) is 0 Å². The van der Waals surface area contributed by atoms with Crippen LogP contribution in [0.1, 0.15) is 39.1 Å². The highest BCUT2D eigenvalue weighted by Gasteiger charge is 2.34. The third-order valence-corrected chi connectivity index (χ3v) is 5.02. The highest BCUT2D eigenvalue weighted by Crippen LogP contribution is 2.22. The first-order chi connectivity index (χ1) is 13.6. The van der Waals surface area contributed by atoms with Gasteiger partial charge in [-0.15, -0.1) is 0 Å². The number of fused-ring (bicyclic) bond motifs is 2. The standard InChI is InChI=1S/C22H21N3O3/c26-20(24-11-9-15-7-8-16-10-12-23-19(16)14-15)6-3-13-25-21(27)17-4-1-2-5-18(17)22(25)28/h1-2,4-5,7-8,10,12,14,23H,3,6,9,11,13H2,(H,24,26). The molecule has 0 radical (unpaired) electrons. The fraction of sp³-hybridized carbons (Fsp3) is 0.227. The highest BCUT2D eigenvalue weighted by molar-refractivity contribution is 6.21. The van der Waals surface area contributed by atoms with E-state index in [4.69, 9.17) is 0 Å².